The van der Waals surface area contributed by atoms with Crippen molar-refractivity contribution in [3.63, 3.8) is 0 Å². The molecule has 2 rings (SSSR count). The Balaban J connectivity index is 1.86. The summed E-state index contributed by atoms with van der Waals surface area (Å²) in [4.78, 5) is 12.3. The standard InChI is InChI=1S/C15H16F3N3OS2/c1-2-3-7-13-20-21-14(24-13)19-12(22)9-23-11-6-4-5-10(8-11)15(16,17)18/h4-6,8H,2-3,7,9H2,1H3,(H,19,21,22). The van der Waals surface area contributed by atoms with Crippen molar-refractivity contribution in [1.29, 1.82) is 0 Å². The molecule has 0 aliphatic carbocycles. The predicted octanol–water partition coefficient (Wildman–Crippen LogP) is 4.63. The number of hydrogen-bond acceptors (Lipinski definition) is 5. The van der Waals surface area contributed by atoms with Crippen LogP contribution in [0.3, 0.4) is 0 Å². The number of rotatable bonds is 7. The minimum absolute atomic E-state index is 0.00514. The van der Waals surface area contributed by atoms with Crippen molar-refractivity contribution < 1.29 is 18.0 Å². The van der Waals surface area contributed by atoms with Crippen molar-refractivity contribution >= 4 is 34.1 Å². The van der Waals surface area contributed by atoms with E-state index in [1.165, 1.54) is 17.4 Å². The van der Waals surface area contributed by atoms with Gasteiger partial charge >= 0.3 is 6.18 Å². The van der Waals surface area contributed by atoms with Crippen LogP contribution in [0, 0.1) is 0 Å². The lowest BCUT2D eigenvalue weighted by Gasteiger charge is -2.08. The normalized spacial score (nSPS) is 11.5. The molecule has 0 unspecified atom stereocenters. The largest absolute Gasteiger partial charge is 0.416 e. The Morgan fingerprint density at radius 3 is 2.83 bits per heavy atom. The molecule has 0 atom stereocenters. The van der Waals surface area contributed by atoms with E-state index in [1.807, 2.05) is 0 Å². The Labute approximate surface area is 145 Å². The highest BCUT2D eigenvalue weighted by Gasteiger charge is 2.30. The zero-order valence-electron chi connectivity index (χ0n) is 12.9. The number of amides is 1. The van der Waals surface area contributed by atoms with Gasteiger partial charge in [-0.05, 0) is 24.6 Å². The number of thioether (sulfide) groups is 1. The summed E-state index contributed by atoms with van der Waals surface area (Å²) in [6.07, 6.45) is -1.51. The summed E-state index contributed by atoms with van der Waals surface area (Å²) in [5, 5.41) is 11.8. The quantitative estimate of drug-likeness (QED) is 0.717. The number of alkyl halides is 3. The summed E-state index contributed by atoms with van der Waals surface area (Å²) in [7, 11) is 0. The molecule has 24 heavy (non-hydrogen) atoms. The van der Waals surface area contributed by atoms with Crippen LogP contribution in [-0.2, 0) is 17.4 Å². The summed E-state index contributed by atoms with van der Waals surface area (Å²) in [6, 6.07) is 4.91. The second-order valence-electron chi connectivity index (χ2n) is 4.97. The van der Waals surface area contributed by atoms with Gasteiger partial charge in [0.05, 0.1) is 11.3 Å². The fraction of sp³-hybridized carbons (Fsp3) is 0.400. The molecular formula is C15H16F3N3OS2. The number of nitrogens with zero attached hydrogens (tertiary/aromatic N) is 2. The molecule has 0 aliphatic rings. The number of halogens is 3. The lowest BCUT2D eigenvalue weighted by Crippen LogP contribution is -2.13. The first-order chi connectivity index (χ1) is 11.4. The number of aromatic nitrogens is 2. The molecule has 4 nitrogen and oxygen atoms in total. The third kappa shape index (κ3) is 5.79. The third-order valence-corrected chi connectivity index (χ3v) is 4.88. The molecule has 1 aromatic heterocycles. The zero-order valence-corrected chi connectivity index (χ0v) is 14.5. The molecule has 130 valence electrons. The van der Waals surface area contributed by atoms with E-state index >= 15 is 0 Å². The van der Waals surface area contributed by atoms with Gasteiger partial charge in [0.2, 0.25) is 11.0 Å². The van der Waals surface area contributed by atoms with Crippen molar-refractivity contribution in [2.24, 2.45) is 0 Å². The van der Waals surface area contributed by atoms with E-state index in [0.717, 1.165) is 48.2 Å². The smallest absolute Gasteiger partial charge is 0.300 e. The van der Waals surface area contributed by atoms with Crippen LogP contribution in [0.4, 0.5) is 18.3 Å². The van der Waals surface area contributed by atoms with Gasteiger partial charge < -0.3 is 0 Å². The summed E-state index contributed by atoms with van der Waals surface area (Å²) in [6.45, 7) is 2.08. The highest BCUT2D eigenvalue weighted by Crippen LogP contribution is 2.31. The van der Waals surface area contributed by atoms with Crippen LogP contribution < -0.4 is 5.32 Å². The Morgan fingerprint density at radius 1 is 1.33 bits per heavy atom. The molecule has 0 aliphatic heterocycles. The Bertz CT molecular complexity index is 689. The van der Waals surface area contributed by atoms with Gasteiger partial charge in [-0.2, -0.15) is 13.2 Å². The first-order valence-corrected chi connectivity index (χ1v) is 9.11. The van der Waals surface area contributed by atoms with E-state index in [9.17, 15) is 18.0 Å². The monoisotopic (exact) mass is 375 g/mol. The molecule has 0 fully saturated rings. The SMILES string of the molecule is CCCCc1nnc(NC(=O)CSc2cccc(C(F)(F)F)c2)s1. The molecule has 0 radical (unpaired) electrons. The average Bonchev–Trinajstić information content (AvgIpc) is 2.98. The number of benzene rings is 1. The molecule has 1 amide bonds. The molecule has 2 aromatic rings. The van der Waals surface area contributed by atoms with Crippen molar-refractivity contribution in [3.05, 3.63) is 34.8 Å². The Hall–Kier alpha value is -1.61. The van der Waals surface area contributed by atoms with E-state index in [2.05, 4.69) is 22.4 Å². The fourth-order valence-corrected chi connectivity index (χ4v) is 3.35. The van der Waals surface area contributed by atoms with Gasteiger partial charge in [0.25, 0.3) is 0 Å². The predicted molar refractivity (Wildman–Crippen MR) is 89.3 cm³/mol. The van der Waals surface area contributed by atoms with Gasteiger partial charge in [-0.25, -0.2) is 0 Å². The second-order valence-corrected chi connectivity index (χ2v) is 7.08. The average molecular weight is 375 g/mol. The van der Waals surface area contributed by atoms with E-state index < -0.39 is 11.7 Å². The van der Waals surface area contributed by atoms with Gasteiger partial charge in [0.15, 0.2) is 0 Å². The molecular weight excluding hydrogens is 359 g/mol. The van der Waals surface area contributed by atoms with Gasteiger partial charge in [0, 0.05) is 11.3 Å². The minimum Gasteiger partial charge on any atom is -0.300 e. The summed E-state index contributed by atoms with van der Waals surface area (Å²) >= 11 is 2.36. The molecule has 1 heterocycles. The van der Waals surface area contributed by atoms with Crippen LogP contribution in [0.15, 0.2) is 29.2 Å². The Morgan fingerprint density at radius 2 is 2.12 bits per heavy atom. The molecule has 9 heteroatoms. The van der Waals surface area contributed by atoms with Crippen LogP contribution in [-0.4, -0.2) is 21.9 Å². The highest BCUT2D eigenvalue weighted by molar-refractivity contribution is 8.00. The number of anilines is 1. The fourth-order valence-electron chi connectivity index (χ4n) is 1.80. The van der Waals surface area contributed by atoms with Crippen molar-refractivity contribution in [2.45, 2.75) is 37.3 Å². The van der Waals surface area contributed by atoms with Gasteiger partial charge in [0.1, 0.15) is 5.01 Å². The number of nitrogens with one attached hydrogen (secondary N) is 1. The van der Waals surface area contributed by atoms with Crippen molar-refractivity contribution in [1.82, 2.24) is 10.2 Å². The number of aryl methyl sites for hydroxylation is 1. The number of unbranched alkanes of at least 4 members (excludes halogenated alkanes) is 1. The minimum atomic E-state index is -4.39. The number of carbonyl (C=O) groups excluding carboxylic acids is 1. The van der Waals surface area contributed by atoms with E-state index in [0.29, 0.717) is 10.0 Å². The van der Waals surface area contributed by atoms with Crippen LogP contribution in [0.1, 0.15) is 30.3 Å². The molecule has 0 saturated carbocycles. The van der Waals surface area contributed by atoms with Crippen LogP contribution in [0.2, 0.25) is 0 Å². The number of carbonyl (C=O) groups is 1. The number of hydrogen-bond donors (Lipinski definition) is 1. The van der Waals surface area contributed by atoms with Gasteiger partial charge in [-0.3, -0.25) is 10.1 Å². The van der Waals surface area contributed by atoms with Gasteiger partial charge in [-0.15, -0.1) is 22.0 Å². The first-order valence-electron chi connectivity index (χ1n) is 7.30. The lowest BCUT2D eigenvalue weighted by molar-refractivity contribution is -0.137. The molecule has 0 spiro atoms. The molecule has 1 N–H and O–H groups in total. The lowest BCUT2D eigenvalue weighted by atomic mass is 10.2. The molecule has 0 bridgehead atoms. The first kappa shape index (κ1) is 18.7. The van der Waals surface area contributed by atoms with E-state index in [1.54, 1.807) is 6.07 Å². The maximum Gasteiger partial charge on any atom is 0.416 e. The summed E-state index contributed by atoms with van der Waals surface area (Å²) in [5.41, 5.74) is -0.724. The van der Waals surface area contributed by atoms with Crippen molar-refractivity contribution in [3.8, 4) is 0 Å². The highest BCUT2D eigenvalue weighted by atomic mass is 32.2. The molecule has 1 aromatic carbocycles. The van der Waals surface area contributed by atoms with Crippen LogP contribution >= 0.6 is 23.1 Å². The maximum atomic E-state index is 12.6. The van der Waals surface area contributed by atoms with Gasteiger partial charge in [-0.1, -0.05) is 30.7 Å². The van der Waals surface area contributed by atoms with Crippen LogP contribution in [0.25, 0.3) is 0 Å². The summed E-state index contributed by atoms with van der Waals surface area (Å²) in [5.74, 6) is -0.318. The topological polar surface area (TPSA) is 54.9 Å². The van der Waals surface area contributed by atoms with E-state index in [-0.39, 0.29) is 11.7 Å². The van der Waals surface area contributed by atoms with E-state index in [4.69, 9.17) is 0 Å². The maximum absolute atomic E-state index is 12.6. The molecule has 0 saturated heterocycles. The summed E-state index contributed by atoms with van der Waals surface area (Å²) < 4.78 is 37.9. The Kier molecular flexibility index (Phi) is 6.61. The zero-order chi connectivity index (χ0) is 17.6. The third-order valence-electron chi connectivity index (χ3n) is 2.99. The van der Waals surface area contributed by atoms with Crippen molar-refractivity contribution in [2.75, 3.05) is 11.1 Å². The second kappa shape index (κ2) is 8.48. The van der Waals surface area contributed by atoms with Crippen LogP contribution in [0.5, 0.6) is 0 Å².